The highest BCUT2D eigenvalue weighted by Gasteiger charge is 2.49. The van der Waals surface area contributed by atoms with Crippen molar-refractivity contribution < 1.29 is 32.9 Å². The molecule has 2 N–H and O–H groups in total. The number of carbonyl (C=O) groups is 1. The highest BCUT2D eigenvalue weighted by Crippen LogP contribution is 2.42. The van der Waals surface area contributed by atoms with Crippen molar-refractivity contribution >= 4 is 33.6 Å². The molecule has 5 aliphatic heterocycles. The second kappa shape index (κ2) is 12.0. The van der Waals surface area contributed by atoms with Gasteiger partial charge >= 0.3 is 12.1 Å². The molecular weight excluding hydrogens is 622 g/mol. The van der Waals surface area contributed by atoms with E-state index in [1.165, 1.54) is 6.07 Å². The van der Waals surface area contributed by atoms with Crippen LogP contribution in [0.1, 0.15) is 38.2 Å². The van der Waals surface area contributed by atoms with Gasteiger partial charge in [-0.2, -0.15) is 9.97 Å². The second-order valence-electron chi connectivity index (χ2n) is 13.8. The Kier molecular flexibility index (Phi) is 7.71. The van der Waals surface area contributed by atoms with Crippen molar-refractivity contribution in [3.05, 3.63) is 47.9 Å². The number of nitrogens with zero attached hydrogens (tertiary/aromatic N) is 5. The molecule has 6 bridgehead atoms. The van der Waals surface area contributed by atoms with Gasteiger partial charge in [-0.25, -0.2) is 13.6 Å². The number of halogens is 2. The monoisotopic (exact) mass is 660 g/mol. The van der Waals surface area contributed by atoms with E-state index < -0.39 is 29.2 Å². The third-order valence-corrected chi connectivity index (χ3v) is 10.2. The highest BCUT2D eigenvalue weighted by molar-refractivity contribution is 6.01. The van der Waals surface area contributed by atoms with Crippen LogP contribution in [-0.4, -0.2) is 101 Å². The van der Waals surface area contributed by atoms with Crippen molar-refractivity contribution in [1.82, 2.24) is 25.2 Å². The molecule has 0 saturated carbocycles. The molecule has 13 heteroatoms. The van der Waals surface area contributed by atoms with Gasteiger partial charge < -0.3 is 29.5 Å². The van der Waals surface area contributed by atoms with Crippen LogP contribution >= 0.6 is 0 Å². The third-order valence-electron chi connectivity index (χ3n) is 10.2. The van der Waals surface area contributed by atoms with Crippen LogP contribution < -0.4 is 15.0 Å². The number of phenolic OH excluding ortho intramolecular Hbond substituents is 1. The van der Waals surface area contributed by atoms with Gasteiger partial charge in [0.15, 0.2) is 5.82 Å². The number of hydrogen-bond donors (Lipinski definition) is 2. The van der Waals surface area contributed by atoms with Crippen LogP contribution in [0.3, 0.4) is 0 Å². The van der Waals surface area contributed by atoms with Gasteiger partial charge in [-0.3, -0.25) is 9.88 Å². The molecule has 11 nitrogen and oxygen atoms in total. The first-order valence-corrected chi connectivity index (χ1v) is 16.6. The summed E-state index contributed by atoms with van der Waals surface area (Å²) in [4.78, 5) is 31.1. The van der Waals surface area contributed by atoms with E-state index in [2.05, 4.69) is 20.2 Å². The van der Waals surface area contributed by atoms with E-state index in [0.717, 1.165) is 35.7 Å². The van der Waals surface area contributed by atoms with Gasteiger partial charge in [-0.1, -0.05) is 18.2 Å². The van der Waals surface area contributed by atoms with Crippen LogP contribution in [0, 0.1) is 5.82 Å². The number of anilines is 1. The first-order valence-electron chi connectivity index (χ1n) is 16.6. The van der Waals surface area contributed by atoms with Crippen molar-refractivity contribution in [2.45, 2.75) is 56.3 Å². The number of phenols is 1. The Hall–Kier alpha value is -4.36. The number of amides is 1. The molecule has 3 fully saturated rings. The number of aryl methyl sites for hydroxylation is 1. The second-order valence-corrected chi connectivity index (χ2v) is 13.8. The smallest absolute Gasteiger partial charge is 0.407 e. The van der Waals surface area contributed by atoms with E-state index >= 15 is 4.39 Å². The van der Waals surface area contributed by atoms with Gasteiger partial charge in [0.2, 0.25) is 0 Å². The van der Waals surface area contributed by atoms with Gasteiger partial charge in [-0.05, 0) is 67.6 Å². The van der Waals surface area contributed by atoms with Gasteiger partial charge in [0.1, 0.15) is 35.6 Å². The van der Waals surface area contributed by atoms with Gasteiger partial charge in [-0.15, -0.1) is 0 Å². The van der Waals surface area contributed by atoms with Gasteiger partial charge in [0.05, 0.1) is 36.3 Å². The fourth-order valence-electron chi connectivity index (χ4n) is 8.03. The van der Waals surface area contributed by atoms with Crippen molar-refractivity contribution in [3.8, 4) is 23.0 Å². The summed E-state index contributed by atoms with van der Waals surface area (Å²) in [6.45, 7) is 4.61. The molecule has 3 saturated heterocycles. The largest absolute Gasteiger partial charge is 0.508 e. The zero-order chi connectivity index (χ0) is 33.0. The molecule has 0 unspecified atom stereocenters. The number of aromatic hydroxyl groups is 1. The topological polar surface area (TPSA) is 122 Å². The number of hydrogen-bond acceptors (Lipinski definition) is 10. The summed E-state index contributed by atoms with van der Waals surface area (Å²) in [5.41, 5.74) is 0.0299. The Balaban J connectivity index is 1.31. The number of benzene rings is 2. The standard InChI is InChI=1S/C35H38F2N6O5/c1-34-18-42(10-12-46-19-34)31-26-16-38-29(25-14-24(44)13-22-6-2-5-21(27(22)25)7-3-11-47-33(45)41-34)28(37)30(26)39-32(40-31)48-20-35-8-4-9-43(35)17-23(36)15-35/h2,5-6,13-14,16,23,44H,3-4,7-12,15,17-20H2,1H3,(H,41,45)/t23-,34+,35+/m1/s1. The molecule has 252 valence electrons. The molecule has 0 aliphatic carbocycles. The van der Waals surface area contributed by atoms with Crippen LogP contribution in [0.25, 0.3) is 32.9 Å². The average molecular weight is 661 g/mol. The van der Waals surface area contributed by atoms with Crippen LogP contribution in [0.4, 0.5) is 19.4 Å². The quantitative estimate of drug-likeness (QED) is 0.314. The van der Waals surface area contributed by atoms with Crippen molar-refractivity contribution in [3.63, 3.8) is 0 Å². The Labute approximate surface area is 276 Å². The van der Waals surface area contributed by atoms with Gasteiger partial charge in [0.25, 0.3) is 0 Å². The lowest BCUT2D eigenvalue weighted by Crippen LogP contribution is -2.55. The number of carbonyl (C=O) groups excluding carboxylic acids is 1. The number of aromatic nitrogens is 3. The maximum Gasteiger partial charge on any atom is 0.407 e. The molecule has 9 rings (SSSR count). The summed E-state index contributed by atoms with van der Waals surface area (Å²) in [5.74, 6) is -0.329. The Morgan fingerprint density at radius 3 is 2.98 bits per heavy atom. The van der Waals surface area contributed by atoms with Crippen LogP contribution in [0.2, 0.25) is 0 Å². The van der Waals surface area contributed by atoms with E-state index in [4.69, 9.17) is 19.2 Å². The van der Waals surface area contributed by atoms with E-state index in [1.807, 2.05) is 30.0 Å². The Morgan fingerprint density at radius 1 is 1.19 bits per heavy atom. The molecule has 5 aliphatic rings. The molecular formula is C35H38F2N6O5. The molecule has 0 spiro atoms. The fourth-order valence-corrected chi connectivity index (χ4v) is 8.03. The SMILES string of the molecule is C[C@@]12COCCN(C1)c1nc(OC[C@@]34CCCN3C[C@H](F)C4)nc3c(F)c(ncc13)-c1cc(O)cc3cccc(c13)CCCOC(=O)N2. The highest BCUT2D eigenvalue weighted by atomic mass is 19.1. The number of alkyl carbamates (subject to hydrolysis) is 1. The van der Waals surface area contributed by atoms with E-state index in [0.29, 0.717) is 55.7 Å². The molecule has 0 radical (unpaired) electrons. The Bertz CT molecular complexity index is 1910. The summed E-state index contributed by atoms with van der Waals surface area (Å²) in [6, 6.07) is 8.79. The summed E-state index contributed by atoms with van der Waals surface area (Å²) in [5, 5.41) is 15.5. The Morgan fingerprint density at radius 2 is 2.08 bits per heavy atom. The van der Waals surface area contributed by atoms with Crippen molar-refractivity contribution in [1.29, 1.82) is 0 Å². The molecule has 4 aromatic rings. The maximum absolute atomic E-state index is 17.0. The summed E-state index contributed by atoms with van der Waals surface area (Å²) >= 11 is 0. The molecule has 3 atom stereocenters. The summed E-state index contributed by atoms with van der Waals surface area (Å²) in [7, 11) is 0. The third kappa shape index (κ3) is 5.52. The van der Waals surface area contributed by atoms with Crippen molar-refractivity contribution in [2.75, 3.05) is 57.5 Å². The fraction of sp³-hybridized carbons (Fsp3) is 0.486. The minimum absolute atomic E-state index is 0.00750. The lowest BCUT2D eigenvalue weighted by atomic mass is 9.94. The average Bonchev–Trinajstić information content (AvgIpc) is 3.51. The number of nitrogens with one attached hydrogen (secondary N) is 1. The van der Waals surface area contributed by atoms with E-state index in [-0.39, 0.29) is 49.3 Å². The predicted molar refractivity (Wildman–Crippen MR) is 175 cm³/mol. The first kappa shape index (κ1) is 30.9. The van der Waals surface area contributed by atoms with Crippen LogP contribution in [-0.2, 0) is 15.9 Å². The molecule has 2 aromatic carbocycles. The number of rotatable bonds is 3. The van der Waals surface area contributed by atoms with Crippen LogP contribution in [0.15, 0.2) is 36.5 Å². The first-order chi connectivity index (χ1) is 23.2. The zero-order valence-electron chi connectivity index (χ0n) is 26.8. The number of ether oxygens (including phenoxy) is 3. The molecule has 48 heavy (non-hydrogen) atoms. The molecule has 7 heterocycles. The number of fused-ring (bicyclic) bond motifs is 7. The van der Waals surface area contributed by atoms with E-state index in [9.17, 15) is 14.3 Å². The minimum atomic E-state index is -0.930. The normalized spacial score (nSPS) is 26.4. The molecule has 2 aromatic heterocycles. The van der Waals surface area contributed by atoms with Crippen molar-refractivity contribution in [2.24, 2.45) is 0 Å². The summed E-state index contributed by atoms with van der Waals surface area (Å²) in [6.07, 6.45) is 3.23. The zero-order valence-corrected chi connectivity index (χ0v) is 26.8. The van der Waals surface area contributed by atoms with Crippen LogP contribution in [0.5, 0.6) is 11.8 Å². The number of pyridine rings is 1. The molecule has 1 amide bonds. The lowest BCUT2D eigenvalue weighted by molar-refractivity contribution is 0.0870. The maximum atomic E-state index is 17.0. The summed E-state index contributed by atoms with van der Waals surface area (Å²) < 4.78 is 49.4. The van der Waals surface area contributed by atoms with Gasteiger partial charge in [0, 0.05) is 37.8 Å². The minimum Gasteiger partial charge on any atom is -0.508 e. The lowest BCUT2D eigenvalue weighted by Gasteiger charge is -2.33. The number of alkyl halides is 1. The van der Waals surface area contributed by atoms with E-state index in [1.54, 1.807) is 12.3 Å². The predicted octanol–water partition coefficient (Wildman–Crippen LogP) is 4.91.